The molecule has 1 aliphatic heterocycles. The number of ether oxygens (including phenoxy) is 1. The van der Waals surface area contributed by atoms with Crippen molar-refractivity contribution in [2.75, 3.05) is 34.3 Å². The van der Waals surface area contributed by atoms with Crippen LogP contribution in [0.25, 0.3) is 0 Å². The molecule has 0 amide bonds. The molecule has 0 bridgehead atoms. The molecule has 3 nitrogen and oxygen atoms in total. The third kappa shape index (κ3) is 2.20. The van der Waals surface area contributed by atoms with Gasteiger partial charge in [-0.3, -0.25) is 0 Å². The van der Waals surface area contributed by atoms with E-state index in [4.69, 9.17) is 4.74 Å². The summed E-state index contributed by atoms with van der Waals surface area (Å²) in [5.74, 6) is 1.65. The number of methoxy groups -OCH3 is 1. The second-order valence-electron chi connectivity index (χ2n) is 4.60. The van der Waals surface area contributed by atoms with E-state index in [2.05, 4.69) is 36.4 Å². The van der Waals surface area contributed by atoms with E-state index >= 15 is 0 Å². The van der Waals surface area contributed by atoms with Crippen LogP contribution in [0.2, 0.25) is 0 Å². The van der Waals surface area contributed by atoms with Gasteiger partial charge in [0, 0.05) is 25.0 Å². The zero-order valence-electron chi connectivity index (χ0n) is 10.2. The Hall–Kier alpha value is -1.06. The molecule has 1 atom stereocenters. The second kappa shape index (κ2) is 4.85. The van der Waals surface area contributed by atoms with Gasteiger partial charge in [0.2, 0.25) is 0 Å². The van der Waals surface area contributed by atoms with Gasteiger partial charge in [-0.05, 0) is 31.8 Å². The Labute approximate surface area is 97.4 Å². The number of benzene rings is 1. The lowest BCUT2D eigenvalue weighted by Gasteiger charge is -2.38. The average Bonchev–Trinajstić information content (AvgIpc) is 2.23. The lowest BCUT2D eigenvalue weighted by molar-refractivity contribution is 0.161. The molecule has 0 spiro atoms. The summed E-state index contributed by atoms with van der Waals surface area (Å²) in [6.07, 6.45) is 0. The van der Waals surface area contributed by atoms with E-state index in [0.29, 0.717) is 6.04 Å². The van der Waals surface area contributed by atoms with Crippen molar-refractivity contribution in [3.8, 4) is 5.75 Å². The summed E-state index contributed by atoms with van der Waals surface area (Å²) in [5.41, 5.74) is 1.37. The largest absolute Gasteiger partial charge is 0.497 e. The van der Waals surface area contributed by atoms with Gasteiger partial charge in [0.25, 0.3) is 0 Å². The third-order valence-corrected chi connectivity index (χ3v) is 3.27. The Morgan fingerprint density at radius 2 is 1.88 bits per heavy atom. The summed E-state index contributed by atoms with van der Waals surface area (Å²) < 4.78 is 5.18. The van der Waals surface area contributed by atoms with Crippen LogP contribution < -0.4 is 10.1 Å². The van der Waals surface area contributed by atoms with E-state index in [1.165, 1.54) is 5.56 Å². The van der Waals surface area contributed by atoms with Crippen LogP contribution in [0, 0.1) is 5.92 Å². The fourth-order valence-electron chi connectivity index (χ4n) is 2.33. The van der Waals surface area contributed by atoms with Gasteiger partial charge in [0.15, 0.2) is 0 Å². The summed E-state index contributed by atoms with van der Waals surface area (Å²) in [6.45, 7) is 2.24. The zero-order valence-corrected chi connectivity index (χ0v) is 10.2. The van der Waals surface area contributed by atoms with Crippen molar-refractivity contribution in [2.45, 2.75) is 6.04 Å². The Balaban J connectivity index is 2.17. The SMILES string of the molecule is COc1ccc(C(C2CNC2)N(C)C)cc1. The molecule has 1 aliphatic rings. The molecule has 1 saturated heterocycles. The van der Waals surface area contributed by atoms with E-state index < -0.39 is 0 Å². The monoisotopic (exact) mass is 220 g/mol. The first kappa shape index (κ1) is 11.4. The highest BCUT2D eigenvalue weighted by atomic mass is 16.5. The Bertz CT molecular complexity index is 330. The summed E-state index contributed by atoms with van der Waals surface area (Å²) in [7, 11) is 5.99. The van der Waals surface area contributed by atoms with Crippen molar-refractivity contribution in [1.29, 1.82) is 0 Å². The molecular formula is C13H20N2O. The highest BCUT2D eigenvalue weighted by Gasteiger charge is 2.29. The van der Waals surface area contributed by atoms with Crippen molar-refractivity contribution in [3.05, 3.63) is 29.8 Å². The molecule has 16 heavy (non-hydrogen) atoms. The van der Waals surface area contributed by atoms with Crippen molar-refractivity contribution in [2.24, 2.45) is 5.92 Å². The fourth-order valence-corrected chi connectivity index (χ4v) is 2.33. The van der Waals surface area contributed by atoms with Crippen LogP contribution in [0.15, 0.2) is 24.3 Å². The molecule has 1 heterocycles. The minimum absolute atomic E-state index is 0.507. The number of nitrogens with one attached hydrogen (secondary N) is 1. The van der Waals surface area contributed by atoms with E-state index in [-0.39, 0.29) is 0 Å². The number of hydrogen-bond donors (Lipinski definition) is 1. The lowest BCUT2D eigenvalue weighted by atomic mass is 9.88. The van der Waals surface area contributed by atoms with Crippen molar-refractivity contribution in [1.82, 2.24) is 10.2 Å². The van der Waals surface area contributed by atoms with Crippen LogP contribution in [0.3, 0.4) is 0 Å². The minimum atomic E-state index is 0.507. The maximum atomic E-state index is 5.18. The van der Waals surface area contributed by atoms with Crippen molar-refractivity contribution < 1.29 is 4.74 Å². The second-order valence-corrected chi connectivity index (χ2v) is 4.60. The molecule has 2 rings (SSSR count). The van der Waals surface area contributed by atoms with E-state index in [1.807, 2.05) is 12.1 Å². The van der Waals surface area contributed by atoms with Gasteiger partial charge in [-0.15, -0.1) is 0 Å². The van der Waals surface area contributed by atoms with Gasteiger partial charge in [-0.1, -0.05) is 12.1 Å². The fraction of sp³-hybridized carbons (Fsp3) is 0.538. The molecule has 1 fully saturated rings. The molecule has 88 valence electrons. The quantitative estimate of drug-likeness (QED) is 0.832. The van der Waals surface area contributed by atoms with Crippen molar-refractivity contribution >= 4 is 0 Å². The van der Waals surface area contributed by atoms with Crippen LogP contribution in [0.5, 0.6) is 5.75 Å². The molecule has 0 aromatic heterocycles. The van der Waals surface area contributed by atoms with Gasteiger partial charge in [-0.2, -0.15) is 0 Å². The lowest BCUT2D eigenvalue weighted by Crippen LogP contribution is -2.48. The highest BCUT2D eigenvalue weighted by molar-refractivity contribution is 5.29. The predicted molar refractivity (Wildman–Crippen MR) is 65.8 cm³/mol. The molecule has 0 aliphatic carbocycles. The van der Waals surface area contributed by atoms with Gasteiger partial charge in [-0.25, -0.2) is 0 Å². The van der Waals surface area contributed by atoms with Crippen LogP contribution in [-0.2, 0) is 0 Å². The molecule has 1 aromatic carbocycles. The van der Waals surface area contributed by atoms with Gasteiger partial charge in [0.1, 0.15) is 5.75 Å². The van der Waals surface area contributed by atoms with Gasteiger partial charge < -0.3 is 15.0 Å². The smallest absolute Gasteiger partial charge is 0.118 e. The number of rotatable bonds is 4. The Morgan fingerprint density at radius 1 is 1.25 bits per heavy atom. The normalized spacial score (nSPS) is 18.2. The maximum absolute atomic E-state index is 5.18. The Kier molecular flexibility index (Phi) is 3.46. The van der Waals surface area contributed by atoms with Crippen LogP contribution in [-0.4, -0.2) is 39.2 Å². The standard InChI is InChI=1S/C13H20N2O/c1-15(2)13(11-8-14-9-11)10-4-6-12(16-3)7-5-10/h4-7,11,13-14H,8-9H2,1-3H3. The van der Waals surface area contributed by atoms with E-state index in [9.17, 15) is 0 Å². The third-order valence-electron chi connectivity index (χ3n) is 3.27. The molecule has 1 unspecified atom stereocenters. The zero-order chi connectivity index (χ0) is 11.5. The van der Waals surface area contributed by atoms with Crippen LogP contribution >= 0.6 is 0 Å². The molecule has 0 radical (unpaired) electrons. The van der Waals surface area contributed by atoms with Crippen molar-refractivity contribution in [3.63, 3.8) is 0 Å². The Morgan fingerprint density at radius 3 is 2.25 bits per heavy atom. The first-order chi connectivity index (χ1) is 7.72. The van der Waals surface area contributed by atoms with Crippen LogP contribution in [0.1, 0.15) is 11.6 Å². The first-order valence-electron chi connectivity index (χ1n) is 5.73. The number of hydrogen-bond acceptors (Lipinski definition) is 3. The minimum Gasteiger partial charge on any atom is -0.497 e. The first-order valence-corrected chi connectivity index (χ1v) is 5.73. The van der Waals surface area contributed by atoms with Crippen LogP contribution in [0.4, 0.5) is 0 Å². The molecule has 3 heteroatoms. The summed E-state index contributed by atoms with van der Waals surface area (Å²) >= 11 is 0. The summed E-state index contributed by atoms with van der Waals surface area (Å²) in [4.78, 5) is 2.30. The van der Waals surface area contributed by atoms with Gasteiger partial charge in [0.05, 0.1) is 7.11 Å². The van der Waals surface area contributed by atoms with Gasteiger partial charge >= 0.3 is 0 Å². The topological polar surface area (TPSA) is 24.5 Å². The average molecular weight is 220 g/mol. The highest BCUT2D eigenvalue weighted by Crippen LogP contribution is 2.30. The summed E-state index contributed by atoms with van der Waals surface area (Å²) in [5, 5.41) is 3.34. The van der Waals surface area contributed by atoms with E-state index in [1.54, 1.807) is 7.11 Å². The molecule has 0 saturated carbocycles. The predicted octanol–water partition coefficient (Wildman–Crippen LogP) is 1.52. The molecule has 1 aromatic rings. The maximum Gasteiger partial charge on any atom is 0.118 e. The molecular weight excluding hydrogens is 200 g/mol. The molecule has 1 N–H and O–H groups in total. The number of nitrogens with zero attached hydrogens (tertiary/aromatic N) is 1. The summed E-state index contributed by atoms with van der Waals surface area (Å²) in [6, 6.07) is 8.92. The van der Waals surface area contributed by atoms with E-state index in [0.717, 1.165) is 24.8 Å².